The minimum Gasteiger partial charge on any atom is -0.490 e. The molecule has 0 radical (unpaired) electrons. The Bertz CT molecular complexity index is 434. The van der Waals surface area contributed by atoms with Crippen LogP contribution in [0.4, 0.5) is 0 Å². The molecule has 0 aliphatic carbocycles. The number of piperidine rings is 1. The van der Waals surface area contributed by atoms with Gasteiger partial charge in [-0.1, -0.05) is 17.7 Å². The molecule has 1 aliphatic heterocycles. The van der Waals surface area contributed by atoms with Crippen molar-refractivity contribution < 1.29 is 9.53 Å². The molecule has 1 saturated heterocycles. The first-order valence-electron chi connectivity index (χ1n) is 7.31. The zero-order valence-corrected chi connectivity index (χ0v) is 12.3. The van der Waals surface area contributed by atoms with Crippen LogP contribution in [0, 0.1) is 6.92 Å². The Kier molecular flexibility index (Phi) is 5.01. The second-order valence-corrected chi connectivity index (χ2v) is 5.69. The summed E-state index contributed by atoms with van der Waals surface area (Å²) in [5, 5.41) is 0. The summed E-state index contributed by atoms with van der Waals surface area (Å²) < 4.78 is 5.96. The van der Waals surface area contributed by atoms with Crippen molar-refractivity contribution in [3.8, 4) is 5.75 Å². The molecule has 2 N–H and O–H groups in total. The zero-order chi connectivity index (χ0) is 14.5. The van der Waals surface area contributed by atoms with Gasteiger partial charge in [0.1, 0.15) is 11.9 Å². The summed E-state index contributed by atoms with van der Waals surface area (Å²) in [6.07, 6.45) is 2.41. The smallest absolute Gasteiger partial charge is 0.224 e. The van der Waals surface area contributed by atoms with Crippen LogP contribution in [0.1, 0.15) is 31.7 Å². The van der Waals surface area contributed by atoms with Crippen molar-refractivity contribution in [1.82, 2.24) is 4.90 Å². The summed E-state index contributed by atoms with van der Waals surface area (Å²) in [6.45, 7) is 5.46. The molecule has 0 saturated carbocycles. The largest absolute Gasteiger partial charge is 0.490 e. The fourth-order valence-corrected chi connectivity index (χ4v) is 2.44. The van der Waals surface area contributed by atoms with E-state index in [1.807, 2.05) is 24.0 Å². The van der Waals surface area contributed by atoms with Crippen LogP contribution in [-0.4, -0.2) is 36.0 Å². The first kappa shape index (κ1) is 14.9. The number of nitrogens with two attached hydrogens (primary N) is 1. The SMILES string of the molecule is Cc1ccc(OC2CCN(C(=O)CC(C)N)CC2)cc1. The molecular formula is C16H24N2O2. The Labute approximate surface area is 120 Å². The van der Waals surface area contributed by atoms with Gasteiger partial charge in [0, 0.05) is 38.4 Å². The molecule has 20 heavy (non-hydrogen) atoms. The number of ether oxygens (including phenoxy) is 1. The van der Waals surface area contributed by atoms with Crippen molar-refractivity contribution in [3.63, 3.8) is 0 Å². The number of hydrogen-bond donors (Lipinski definition) is 1. The Morgan fingerprint density at radius 3 is 2.50 bits per heavy atom. The van der Waals surface area contributed by atoms with E-state index in [0.29, 0.717) is 6.42 Å². The number of likely N-dealkylation sites (tertiary alicyclic amines) is 1. The Balaban J connectivity index is 1.79. The molecule has 1 unspecified atom stereocenters. The molecule has 1 aliphatic rings. The number of rotatable bonds is 4. The molecule has 0 aromatic heterocycles. The number of aryl methyl sites for hydroxylation is 1. The molecule has 1 fully saturated rings. The Morgan fingerprint density at radius 1 is 1.35 bits per heavy atom. The molecular weight excluding hydrogens is 252 g/mol. The number of hydrogen-bond acceptors (Lipinski definition) is 3. The Morgan fingerprint density at radius 2 is 1.95 bits per heavy atom. The van der Waals surface area contributed by atoms with Crippen molar-refractivity contribution in [2.45, 2.75) is 45.3 Å². The molecule has 4 nitrogen and oxygen atoms in total. The molecule has 1 aromatic carbocycles. The average Bonchev–Trinajstić information content (AvgIpc) is 2.41. The van der Waals surface area contributed by atoms with Gasteiger partial charge in [-0.25, -0.2) is 0 Å². The van der Waals surface area contributed by atoms with Crippen LogP contribution in [0.5, 0.6) is 5.75 Å². The first-order chi connectivity index (χ1) is 9.54. The van der Waals surface area contributed by atoms with Crippen molar-refractivity contribution >= 4 is 5.91 Å². The maximum Gasteiger partial charge on any atom is 0.224 e. The number of benzene rings is 1. The zero-order valence-electron chi connectivity index (χ0n) is 12.3. The quantitative estimate of drug-likeness (QED) is 0.916. The lowest BCUT2D eigenvalue weighted by atomic mass is 10.1. The molecule has 0 bridgehead atoms. The molecule has 110 valence electrons. The molecule has 1 amide bonds. The lowest BCUT2D eigenvalue weighted by Crippen LogP contribution is -2.43. The predicted octanol–water partition coefficient (Wildman–Crippen LogP) is 2.10. The van der Waals surface area contributed by atoms with E-state index in [1.54, 1.807) is 0 Å². The number of carbonyl (C=O) groups is 1. The van der Waals surface area contributed by atoms with Gasteiger partial charge in [0.05, 0.1) is 0 Å². The summed E-state index contributed by atoms with van der Waals surface area (Å²) in [7, 11) is 0. The van der Waals surface area contributed by atoms with Crippen LogP contribution >= 0.6 is 0 Å². The number of amides is 1. The van der Waals surface area contributed by atoms with Crippen molar-refractivity contribution in [2.24, 2.45) is 5.73 Å². The summed E-state index contributed by atoms with van der Waals surface area (Å²) in [5.74, 6) is 1.07. The van der Waals surface area contributed by atoms with Crippen LogP contribution in [0.15, 0.2) is 24.3 Å². The van der Waals surface area contributed by atoms with E-state index in [2.05, 4.69) is 19.1 Å². The summed E-state index contributed by atoms with van der Waals surface area (Å²) >= 11 is 0. The minimum absolute atomic E-state index is 0.0657. The molecule has 1 heterocycles. The molecule has 2 rings (SSSR count). The van der Waals surface area contributed by atoms with Crippen LogP contribution in [0.2, 0.25) is 0 Å². The van der Waals surface area contributed by atoms with Gasteiger partial charge in [0.2, 0.25) is 5.91 Å². The maximum absolute atomic E-state index is 11.9. The van der Waals surface area contributed by atoms with E-state index >= 15 is 0 Å². The molecule has 1 atom stereocenters. The third kappa shape index (κ3) is 4.23. The van der Waals surface area contributed by atoms with Gasteiger partial charge in [-0.05, 0) is 26.0 Å². The normalized spacial score (nSPS) is 17.9. The second-order valence-electron chi connectivity index (χ2n) is 5.69. The lowest BCUT2D eigenvalue weighted by Gasteiger charge is -2.32. The van der Waals surface area contributed by atoms with E-state index < -0.39 is 0 Å². The summed E-state index contributed by atoms with van der Waals surface area (Å²) in [6, 6.07) is 8.04. The number of nitrogens with zero attached hydrogens (tertiary/aromatic N) is 1. The van der Waals surface area contributed by atoms with E-state index in [4.69, 9.17) is 10.5 Å². The first-order valence-corrected chi connectivity index (χ1v) is 7.31. The fraction of sp³-hybridized carbons (Fsp3) is 0.562. The highest BCUT2D eigenvalue weighted by molar-refractivity contribution is 5.76. The van der Waals surface area contributed by atoms with Gasteiger partial charge in [-0.15, -0.1) is 0 Å². The third-order valence-corrected chi connectivity index (χ3v) is 3.62. The predicted molar refractivity (Wildman–Crippen MR) is 79.7 cm³/mol. The summed E-state index contributed by atoms with van der Waals surface area (Å²) in [5.41, 5.74) is 6.90. The second kappa shape index (κ2) is 6.75. The van der Waals surface area contributed by atoms with Crippen LogP contribution in [0.25, 0.3) is 0 Å². The van der Waals surface area contributed by atoms with Gasteiger partial charge in [-0.3, -0.25) is 4.79 Å². The highest BCUT2D eigenvalue weighted by Gasteiger charge is 2.24. The highest BCUT2D eigenvalue weighted by atomic mass is 16.5. The average molecular weight is 276 g/mol. The summed E-state index contributed by atoms with van der Waals surface area (Å²) in [4.78, 5) is 13.8. The monoisotopic (exact) mass is 276 g/mol. The van der Waals surface area contributed by atoms with Gasteiger partial charge in [0.25, 0.3) is 0 Å². The molecule has 1 aromatic rings. The number of carbonyl (C=O) groups excluding carboxylic acids is 1. The van der Waals surface area contributed by atoms with E-state index in [9.17, 15) is 4.79 Å². The van der Waals surface area contributed by atoms with Crippen molar-refractivity contribution in [3.05, 3.63) is 29.8 Å². The fourth-order valence-electron chi connectivity index (χ4n) is 2.44. The van der Waals surface area contributed by atoms with Crippen LogP contribution < -0.4 is 10.5 Å². The van der Waals surface area contributed by atoms with Gasteiger partial charge < -0.3 is 15.4 Å². The minimum atomic E-state index is -0.0657. The lowest BCUT2D eigenvalue weighted by molar-refractivity contribution is -0.133. The van der Waals surface area contributed by atoms with Gasteiger partial charge in [-0.2, -0.15) is 0 Å². The molecule has 0 spiro atoms. The van der Waals surface area contributed by atoms with Gasteiger partial charge >= 0.3 is 0 Å². The van der Waals surface area contributed by atoms with E-state index in [1.165, 1.54) is 5.56 Å². The van der Waals surface area contributed by atoms with E-state index in [-0.39, 0.29) is 18.1 Å². The topological polar surface area (TPSA) is 55.6 Å². The molecule has 4 heteroatoms. The van der Waals surface area contributed by atoms with Gasteiger partial charge in [0.15, 0.2) is 0 Å². The maximum atomic E-state index is 11.9. The Hall–Kier alpha value is -1.55. The van der Waals surface area contributed by atoms with Crippen molar-refractivity contribution in [2.75, 3.05) is 13.1 Å². The highest BCUT2D eigenvalue weighted by Crippen LogP contribution is 2.20. The standard InChI is InChI=1S/C16H24N2O2/c1-12-3-5-14(6-4-12)20-15-7-9-18(10-8-15)16(19)11-13(2)17/h3-6,13,15H,7-11,17H2,1-2H3. The van der Waals surface area contributed by atoms with E-state index in [0.717, 1.165) is 31.7 Å². The van der Waals surface area contributed by atoms with Crippen LogP contribution in [-0.2, 0) is 4.79 Å². The third-order valence-electron chi connectivity index (χ3n) is 3.62. The van der Waals surface area contributed by atoms with Crippen molar-refractivity contribution in [1.29, 1.82) is 0 Å². The van der Waals surface area contributed by atoms with Crippen LogP contribution in [0.3, 0.4) is 0 Å².